The molecular formula is C6H9NO3. The average molecular weight is 143 g/mol. The quantitative estimate of drug-likeness (QED) is 0.489. The van der Waals surface area contributed by atoms with Gasteiger partial charge in [0.15, 0.2) is 0 Å². The molecule has 3 N–H and O–H groups in total. The molecule has 0 aliphatic heterocycles. The first-order chi connectivity index (χ1) is 4.66. The molecular weight excluding hydrogens is 134 g/mol. The molecule has 0 bridgehead atoms. The second-order valence-electron chi connectivity index (χ2n) is 1.84. The second-order valence-corrected chi connectivity index (χ2v) is 1.84. The van der Waals surface area contributed by atoms with Crippen LogP contribution in [0.1, 0.15) is 13.3 Å². The molecule has 0 saturated carbocycles. The van der Waals surface area contributed by atoms with Crippen LogP contribution < -0.4 is 5.32 Å². The van der Waals surface area contributed by atoms with Crippen LogP contribution in [0.4, 0.5) is 4.79 Å². The summed E-state index contributed by atoms with van der Waals surface area (Å²) >= 11 is 0. The minimum atomic E-state index is -1.08. The van der Waals surface area contributed by atoms with E-state index >= 15 is 0 Å². The molecule has 0 aromatic rings. The van der Waals surface area contributed by atoms with E-state index in [0.717, 1.165) is 0 Å². The summed E-state index contributed by atoms with van der Waals surface area (Å²) in [5.74, 6) is 2.33. The maximum absolute atomic E-state index is 9.95. The predicted molar refractivity (Wildman–Crippen MR) is 35.0 cm³/mol. The average Bonchev–Trinajstić information content (AvgIpc) is 1.82. The van der Waals surface area contributed by atoms with Gasteiger partial charge in [0.25, 0.3) is 0 Å². The summed E-state index contributed by atoms with van der Waals surface area (Å²) in [5, 5.41) is 18.4. The summed E-state index contributed by atoms with van der Waals surface area (Å²) in [6.45, 7) is 1.67. The van der Waals surface area contributed by atoms with E-state index < -0.39 is 6.09 Å². The van der Waals surface area contributed by atoms with Crippen molar-refractivity contribution in [2.75, 3.05) is 0 Å². The van der Waals surface area contributed by atoms with Gasteiger partial charge in [-0.3, -0.25) is 0 Å². The largest absolute Gasteiger partial charge is 0.465 e. The van der Waals surface area contributed by atoms with Crippen molar-refractivity contribution >= 4 is 6.09 Å². The summed E-state index contributed by atoms with van der Waals surface area (Å²) in [5.41, 5.74) is 0. The fourth-order valence-corrected chi connectivity index (χ4v) is 0.461. The molecule has 0 radical (unpaired) electrons. The first-order valence-corrected chi connectivity index (χ1v) is 2.78. The van der Waals surface area contributed by atoms with Gasteiger partial charge in [-0.15, -0.1) is 0 Å². The van der Waals surface area contributed by atoms with E-state index in [1.54, 1.807) is 13.0 Å². The maximum Gasteiger partial charge on any atom is 0.404 e. The van der Waals surface area contributed by atoms with Gasteiger partial charge in [0.1, 0.15) is 6.11 Å². The van der Waals surface area contributed by atoms with E-state index in [1.165, 1.54) is 0 Å². The van der Waals surface area contributed by atoms with Crippen LogP contribution in [0, 0.1) is 12.0 Å². The first-order valence-electron chi connectivity index (χ1n) is 2.78. The zero-order valence-corrected chi connectivity index (χ0v) is 5.59. The standard InChI is InChI=1S/C6H9NO3/c1-5(3-2-4-8)7-6(9)10/h5,7-8H,3H2,1H3,(H,9,10). The number of nitrogens with one attached hydrogen (secondary N) is 1. The highest BCUT2D eigenvalue weighted by Crippen LogP contribution is 1.86. The molecule has 1 atom stereocenters. The van der Waals surface area contributed by atoms with Crippen LogP contribution in [0.2, 0.25) is 0 Å². The molecule has 10 heavy (non-hydrogen) atoms. The fraction of sp³-hybridized carbons (Fsp3) is 0.500. The Morgan fingerprint density at radius 2 is 2.40 bits per heavy atom. The molecule has 0 spiro atoms. The molecule has 1 unspecified atom stereocenters. The molecule has 0 saturated heterocycles. The Bertz CT molecular complexity index is 168. The van der Waals surface area contributed by atoms with E-state index in [-0.39, 0.29) is 6.04 Å². The van der Waals surface area contributed by atoms with E-state index in [1.807, 2.05) is 0 Å². The highest BCUT2D eigenvalue weighted by Gasteiger charge is 2.01. The number of aliphatic hydroxyl groups is 1. The molecule has 0 rings (SSSR count). The lowest BCUT2D eigenvalue weighted by atomic mass is 10.2. The van der Waals surface area contributed by atoms with Gasteiger partial charge in [-0.25, -0.2) is 4.79 Å². The van der Waals surface area contributed by atoms with E-state index in [4.69, 9.17) is 10.2 Å². The zero-order valence-electron chi connectivity index (χ0n) is 5.59. The van der Waals surface area contributed by atoms with Crippen molar-refractivity contribution in [2.45, 2.75) is 19.4 Å². The number of aliphatic hydroxyl groups excluding tert-OH is 1. The topological polar surface area (TPSA) is 69.6 Å². The summed E-state index contributed by atoms with van der Waals surface area (Å²) in [4.78, 5) is 9.95. The van der Waals surface area contributed by atoms with Crippen LogP contribution in [-0.4, -0.2) is 22.3 Å². The van der Waals surface area contributed by atoms with Crippen LogP contribution >= 0.6 is 0 Å². The van der Waals surface area contributed by atoms with Crippen LogP contribution in [0.15, 0.2) is 0 Å². The second kappa shape index (κ2) is 4.50. The van der Waals surface area contributed by atoms with Gasteiger partial charge in [-0.2, -0.15) is 0 Å². The lowest BCUT2D eigenvalue weighted by molar-refractivity contribution is 0.191. The Balaban J connectivity index is 3.50. The third-order valence-electron chi connectivity index (χ3n) is 0.857. The molecule has 0 fully saturated rings. The van der Waals surface area contributed by atoms with Crippen molar-refractivity contribution < 1.29 is 15.0 Å². The number of carbonyl (C=O) groups is 1. The summed E-state index contributed by atoms with van der Waals surface area (Å²) in [7, 11) is 0. The highest BCUT2D eigenvalue weighted by atomic mass is 16.4. The van der Waals surface area contributed by atoms with Crippen LogP contribution in [0.5, 0.6) is 0 Å². The monoisotopic (exact) mass is 143 g/mol. The van der Waals surface area contributed by atoms with Crippen molar-refractivity contribution in [1.29, 1.82) is 0 Å². The minimum Gasteiger partial charge on any atom is -0.465 e. The molecule has 0 aromatic heterocycles. The molecule has 0 aliphatic rings. The van der Waals surface area contributed by atoms with Gasteiger partial charge in [-0.05, 0) is 6.92 Å². The number of hydrogen-bond donors (Lipinski definition) is 3. The zero-order chi connectivity index (χ0) is 7.98. The third kappa shape index (κ3) is 4.78. The van der Waals surface area contributed by atoms with Gasteiger partial charge in [-0.1, -0.05) is 5.92 Å². The smallest absolute Gasteiger partial charge is 0.404 e. The normalized spacial score (nSPS) is 10.9. The van der Waals surface area contributed by atoms with Gasteiger partial charge in [0.05, 0.1) is 0 Å². The summed E-state index contributed by atoms with van der Waals surface area (Å²) in [6.07, 6.45) is 0.935. The van der Waals surface area contributed by atoms with Crippen molar-refractivity contribution in [1.82, 2.24) is 5.32 Å². The van der Waals surface area contributed by atoms with Crippen LogP contribution in [0.25, 0.3) is 0 Å². The Kier molecular flexibility index (Phi) is 3.89. The summed E-state index contributed by atoms with van der Waals surface area (Å²) < 4.78 is 0. The number of rotatable bonds is 2. The maximum atomic E-state index is 9.95. The van der Waals surface area contributed by atoms with Crippen molar-refractivity contribution in [3.05, 3.63) is 0 Å². The predicted octanol–water partition coefficient (Wildman–Crippen LogP) is 0.366. The van der Waals surface area contributed by atoms with E-state index in [0.29, 0.717) is 6.42 Å². The lowest BCUT2D eigenvalue weighted by Gasteiger charge is -2.04. The molecule has 1 amide bonds. The van der Waals surface area contributed by atoms with Crippen molar-refractivity contribution in [3.8, 4) is 12.0 Å². The molecule has 4 nitrogen and oxygen atoms in total. The first kappa shape index (κ1) is 8.63. The number of hydrogen-bond acceptors (Lipinski definition) is 2. The number of amides is 1. The summed E-state index contributed by atoms with van der Waals surface area (Å²) in [6, 6.07) is -0.239. The van der Waals surface area contributed by atoms with Gasteiger partial charge in [0, 0.05) is 12.5 Å². The molecule has 0 aromatic carbocycles. The molecule has 4 heteroatoms. The Hall–Kier alpha value is -1.37. The van der Waals surface area contributed by atoms with E-state index in [9.17, 15) is 4.79 Å². The van der Waals surface area contributed by atoms with Crippen molar-refractivity contribution in [2.24, 2.45) is 0 Å². The number of carboxylic acid groups (broad SMARTS) is 1. The van der Waals surface area contributed by atoms with E-state index in [2.05, 4.69) is 11.2 Å². The Morgan fingerprint density at radius 3 is 2.80 bits per heavy atom. The third-order valence-corrected chi connectivity index (χ3v) is 0.857. The van der Waals surface area contributed by atoms with Gasteiger partial charge >= 0.3 is 6.09 Å². The molecule has 0 aliphatic carbocycles. The van der Waals surface area contributed by atoms with Crippen LogP contribution in [-0.2, 0) is 0 Å². The lowest BCUT2D eigenvalue weighted by Crippen LogP contribution is -2.30. The van der Waals surface area contributed by atoms with Crippen LogP contribution in [0.3, 0.4) is 0 Å². The molecule has 0 heterocycles. The fourth-order valence-electron chi connectivity index (χ4n) is 0.461. The molecule has 56 valence electrons. The van der Waals surface area contributed by atoms with Gasteiger partial charge < -0.3 is 15.5 Å². The SMILES string of the molecule is CC(CC#CO)NC(=O)O. The Labute approximate surface area is 58.9 Å². The van der Waals surface area contributed by atoms with Gasteiger partial charge in [0.2, 0.25) is 0 Å². The minimum absolute atomic E-state index is 0.239. The highest BCUT2D eigenvalue weighted by molar-refractivity contribution is 5.64. The van der Waals surface area contributed by atoms with Crippen molar-refractivity contribution in [3.63, 3.8) is 0 Å². The Morgan fingerprint density at radius 1 is 1.80 bits per heavy atom.